The van der Waals surface area contributed by atoms with Gasteiger partial charge in [0.05, 0.1) is 0 Å². The molecule has 0 spiro atoms. The van der Waals surface area contributed by atoms with Crippen LogP contribution < -0.4 is 5.73 Å². The lowest BCUT2D eigenvalue weighted by molar-refractivity contribution is 0.278. The highest BCUT2D eigenvalue weighted by Crippen LogP contribution is 2.27. The monoisotopic (exact) mass is 171 g/mol. The summed E-state index contributed by atoms with van der Waals surface area (Å²) in [6.45, 7) is 9.94. The Hall–Kier alpha value is -0.0400. The van der Waals surface area contributed by atoms with E-state index in [0.29, 0.717) is 5.41 Å². The number of nitrogens with two attached hydrogens (primary N) is 1. The lowest BCUT2D eigenvalue weighted by Crippen LogP contribution is -2.26. The zero-order valence-corrected chi connectivity index (χ0v) is 9.19. The van der Waals surface area contributed by atoms with Crippen LogP contribution in [-0.4, -0.2) is 6.54 Å². The Labute approximate surface area is 77.7 Å². The standard InChI is InChI=1S/C11H25N/c1-5-11(4,9-12)8-6-7-10(2)3/h10H,5-9,12H2,1-4H3. The van der Waals surface area contributed by atoms with Gasteiger partial charge in [-0.2, -0.15) is 0 Å². The summed E-state index contributed by atoms with van der Waals surface area (Å²) in [6.07, 6.45) is 5.18. The topological polar surface area (TPSA) is 26.0 Å². The molecule has 0 saturated heterocycles. The molecule has 0 heterocycles. The van der Waals surface area contributed by atoms with Crippen molar-refractivity contribution in [1.29, 1.82) is 0 Å². The van der Waals surface area contributed by atoms with Crippen LogP contribution in [0.25, 0.3) is 0 Å². The molecule has 1 nitrogen and oxygen atoms in total. The van der Waals surface area contributed by atoms with Crippen molar-refractivity contribution in [3.63, 3.8) is 0 Å². The number of hydrogen-bond acceptors (Lipinski definition) is 1. The van der Waals surface area contributed by atoms with Crippen molar-refractivity contribution >= 4 is 0 Å². The molecular formula is C11H25N. The summed E-state index contributed by atoms with van der Waals surface area (Å²) in [5, 5.41) is 0. The Bertz CT molecular complexity index is 104. The van der Waals surface area contributed by atoms with E-state index in [1.807, 2.05) is 0 Å². The van der Waals surface area contributed by atoms with Gasteiger partial charge >= 0.3 is 0 Å². The summed E-state index contributed by atoms with van der Waals surface area (Å²) in [5.74, 6) is 0.837. The Morgan fingerprint density at radius 2 is 1.92 bits per heavy atom. The molecule has 0 saturated carbocycles. The molecule has 0 bridgehead atoms. The van der Waals surface area contributed by atoms with Gasteiger partial charge in [0, 0.05) is 0 Å². The van der Waals surface area contributed by atoms with Gasteiger partial charge in [-0.3, -0.25) is 0 Å². The van der Waals surface area contributed by atoms with Gasteiger partial charge < -0.3 is 5.73 Å². The molecule has 0 aliphatic heterocycles. The number of rotatable bonds is 6. The average Bonchev–Trinajstić information content (AvgIpc) is 2.03. The molecular weight excluding hydrogens is 146 g/mol. The molecule has 0 radical (unpaired) electrons. The first-order chi connectivity index (χ1) is 5.54. The van der Waals surface area contributed by atoms with Crippen molar-refractivity contribution in [1.82, 2.24) is 0 Å². The molecule has 1 unspecified atom stereocenters. The lowest BCUT2D eigenvalue weighted by Gasteiger charge is -2.26. The van der Waals surface area contributed by atoms with Crippen molar-refractivity contribution in [2.45, 2.75) is 53.4 Å². The third kappa shape index (κ3) is 4.76. The fraction of sp³-hybridized carbons (Fsp3) is 1.00. The summed E-state index contributed by atoms with van der Waals surface area (Å²) in [5.41, 5.74) is 6.13. The second-order valence-corrected chi connectivity index (χ2v) is 4.65. The Kier molecular flexibility index (Phi) is 5.56. The number of hydrogen-bond donors (Lipinski definition) is 1. The molecule has 0 aromatic rings. The quantitative estimate of drug-likeness (QED) is 0.652. The van der Waals surface area contributed by atoms with Crippen LogP contribution in [0, 0.1) is 11.3 Å². The Morgan fingerprint density at radius 1 is 1.33 bits per heavy atom. The molecule has 1 atom stereocenters. The first-order valence-electron chi connectivity index (χ1n) is 5.24. The third-order valence-electron chi connectivity index (χ3n) is 2.91. The van der Waals surface area contributed by atoms with E-state index in [-0.39, 0.29) is 0 Å². The minimum Gasteiger partial charge on any atom is -0.330 e. The fourth-order valence-electron chi connectivity index (χ4n) is 1.36. The molecule has 12 heavy (non-hydrogen) atoms. The highest BCUT2D eigenvalue weighted by molar-refractivity contribution is 4.73. The van der Waals surface area contributed by atoms with Crippen molar-refractivity contribution in [2.24, 2.45) is 17.1 Å². The van der Waals surface area contributed by atoms with Crippen LogP contribution in [0.3, 0.4) is 0 Å². The molecule has 0 aliphatic rings. The van der Waals surface area contributed by atoms with Crippen LogP contribution in [0.5, 0.6) is 0 Å². The van der Waals surface area contributed by atoms with E-state index in [4.69, 9.17) is 5.73 Å². The summed E-state index contributed by atoms with van der Waals surface area (Å²) < 4.78 is 0. The maximum atomic E-state index is 5.73. The van der Waals surface area contributed by atoms with Crippen LogP contribution in [0.1, 0.15) is 53.4 Å². The first kappa shape index (κ1) is 12.0. The SMILES string of the molecule is CCC(C)(CN)CCCC(C)C. The molecule has 0 aliphatic carbocycles. The molecule has 0 aromatic heterocycles. The predicted octanol–water partition coefficient (Wildman–Crippen LogP) is 3.19. The van der Waals surface area contributed by atoms with Gasteiger partial charge in [-0.1, -0.05) is 40.5 Å². The van der Waals surface area contributed by atoms with Crippen molar-refractivity contribution in [3.05, 3.63) is 0 Å². The van der Waals surface area contributed by atoms with Crippen LogP contribution in [-0.2, 0) is 0 Å². The van der Waals surface area contributed by atoms with Crippen LogP contribution in [0.15, 0.2) is 0 Å². The molecule has 0 rings (SSSR count). The second-order valence-electron chi connectivity index (χ2n) is 4.65. The van der Waals surface area contributed by atoms with E-state index < -0.39 is 0 Å². The van der Waals surface area contributed by atoms with Gasteiger partial charge in [0.2, 0.25) is 0 Å². The molecule has 0 fully saturated rings. The molecule has 0 aromatic carbocycles. The fourth-order valence-corrected chi connectivity index (χ4v) is 1.36. The minimum absolute atomic E-state index is 0.398. The summed E-state index contributed by atoms with van der Waals surface area (Å²) in [4.78, 5) is 0. The van der Waals surface area contributed by atoms with E-state index in [0.717, 1.165) is 12.5 Å². The minimum atomic E-state index is 0.398. The third-order valence-corrected chi connectivity index (χ3v) is 2.91. The molecule has 2 N–H and O–H groups in total. The summed E-state index contributed by atoms with van der Waals surface area (Å²) in [7, 11) is 0. The maximum Gasteiger partial charge on any atom is -0.00233 e. The predicted molar refractivity (Wildman–Crippen MR) is 56.1 cm³/mol. The normalized spacial score (nSPS) is 16.5. The van der Waals surface area contributed by atoms with Crippen molar-refractivity contribution in [3.8, 4) is 0 Å². The van der Waals surface area contributed by atoms with E-state index in [9.17, 15) is 0 Å². The summed E-state index contributed by atoms with van der Waals surface area (Å²) >= 11 is 0. The van der Waals surface area contributed by atoms with Gasteiger partial charge in [-0.05, 0) is 30.7 Å². The van der Waals surface area contributed by atoms with E-state index in [1.54, 1.807) is 0 Å². The smallest absolute Gasteiger partial charge is 0.00233 e. The largest absolute Gasteiger partial charge is 0.330 e. The van der Waals surface area contributed by atoms with E-state index in [2.05, 4.69) is 27.7 Å². The van der Waals surface area contributed by atoms with Crippen LogP contribution >= 0.6 is 0 Å². The van der Waals surface area contributed by atoms with Gasteiger partial charge in [0.15, 0.2) is 0 Å². The molecule has 1 heteroatoms. The van der Waals surface area contributed by atoms with Crippen molar-refractivity contribution in [2.75, 3.05) is 6.54 Å². The Balaban J connectivity index is 3.58. The van der Waals surface area contributed by atoms with Crippen LogP contribution in [0.2, 0.25) is 0 Å². The zero-order valence-electron chi connectivity index (χ0n) is 9.19. The second kappa shape index (κ2) is 5.58. The highest BCUT2D eigenvalue weighted by atomic mass is 14.6. The molecule has 0 amide bonds. The first-order valence-corrected chi connectivity index (χ1v) is 5.24. The van der Waals surface area contributed by atoms with Gasteiger partial charge in [-0.15, -0.1) is 0 Å². The summed E-state index contributed by atoms with van der Waals surface area (Å²) in [6, 6.07) is 0. The lowest BCUT2D eigenvalue weighted by atomic mass is 9.82. The van der Waals surface area contributed by atoms with Crippen molar-refractivity contribution < 1.29 is 0 Å². The average molecular weight is 171 g/mol. The van der Waals surface area contributed by atoms with Gasteiger partial charge in [-0.25, -0.2) is 0 Å². The van der Waals surface area contributed by atoms with Crippen LogP contribution in [0.4, 0.5) is 0 Å². The highest BCUT2D eigenvalue weighted by Gasteiger charge is 2.18. The molecule has 74 valence electrons. The van der Waals surface area contributed by atoms with E-state index >= 15 is 0 Å². The Morgan fingerprint density at radius 3 is 2.25 bits per heavy atom. The zero-order chi connectivity index (χ0) is 9.61. The van der Waals surface area contributed by atoms with Gasteiger partial charge in [0.25, 0.3) is 0 Å². The maximum absolute atomic E-state index is 5.73. The van der Waals surface area contributed by atoms with E-state index in [1.165, 1.54) is 25.7 Å². The van der Waals surface area contributed by atoms with Gasteiger partial charge in [0.1, 0.15) is 0 Å².